The molecule has 1 heterocycles. The van der Waals surface area contributed by atoms with E-state index in [0.717, 1.165) is 16.9 Å². The second-order valence-corrected chi connectivity index (χ2v) is 3.35. The Hall–Kier alpha value is -1.55. The van der Waals surface area contributed by atoms with Gasteiger partial charge in [0.05, 0.1) is 5.52 Å². The van der Waals surface area contributed by atoms with Crippen LogP contribution in [0, 0.1) is 6.92 Å². The summed E-state index contributed by atoms with van der Waals surface area (Å²) in [6, 6.07) is 7.84. The van der Waals surface area contributed by atoms with Gasteiger partial charge in [-0.2, -0.15) is 4.73 Å². The summed E-state index contributed by atoms with van der Waals surface area (Å²) >= 11 is 0. The molecule has 0 saturated carbocycles. The van der Waals surface area contributed by atoms with Crippen LogP contribution >= 0.6 is 0 Å². The summed E-state index contributed by atoms with van der Waals surface area (Å²) in [5.74, 6) is 0.820. The number of fused-ring (bicyclic) bond motifs is 1. The van der Waals surface area contributed by atoms with E-state index in [-0.39, 0.29) is 6.29 Å². The van der Waals surface area contributed by atoms with E-state index < -0.39 is 0 Å². The largest absolute Gasteiger partial charge is 0.380 e. The SMILES string of the molecule is COC(C)On1c(C)nc2ccccc21. The Morgan fingerprint density at radius 2 is 2.07 bits per heavy atom. The molecule has 4 heteroatoms. The van der Waals surface area contributed by atoms with Crippen LogP contribution in [0.15, 0.2) is 24.3 Å². The fourth-order valence-corrected chi connectivity index (χ4v) is 1.45. The predicted octanol–water partition coefficient (Wildman–Crippen LogP) is 1.77. The molecule has 0 saturated heterocycles. The molecule has 0 N–H and O–H groups in total. The Balaban J connectivity index is 2.45. The van der Waals surface area contributed by atoms with E-state index in [4.69, 9.17) is 9.57 Å². The van der Waals surface area contributed by atoms with Crippen molar-refractivity contribution in [3.63, 3.8) is 0 Å². The van der Waals surface area contributed by atoms with Crippen molar-refractivity contribution in [2.24, 2.45) is 0 Å². The van der Waals surface area contributed by atoms with Crippen molar-refractivity contribution in [1.82, 2.24) is 9.71 Å². The molecule has 0 radical (unpaired) electrons. The van der Waals surface area contributed by atoms with Gasteiger partial charge in [-0.1, -0.05) is 12.1 Å². The van der Waals surface area contributed by atoms with Crippen molar-refractivity contribution < 1.29 is 9.57 Å². The first-order valence-electron chi connectivity index (χ1n) is 4.86. The summed E-state index contributed by atoms with van der Waals surface area (Å²) in [5, 5.41) is 0. The van der Waals surface area contributed by atoms with Crippen LogP contribution in [0.25, 0.3) is 11.0 Å². The van der Waals surface area contributed by atoms with E-state index in [9.17, 15) is 0 Å². The average Bonchev–Trinajstić information content (AvgIpc) is 2.55. The summed E-state index contributed by atoms with van der Waals surface area (Å²) in [7, 11) is 1.61. The Morgan fingerprint density at radius 3 is 2.80 bits per heavy atom. The number of aryl methyl sites for hydroxylation is 1. The van der Waals surface area contributed by atoms with E-state index in [1.54, 1.807) is 11.8 Å². The number of rotatable bonds is 3. The number of hydrogen-bond acceptors (Lipinski definition) is 3. The molecule has 1 atom stereocenters. The quantitative estimate of drug-likeness (QED) is 0.718. The van der Waals surface area contributed by atoms with Crippen molar-refractivity contribution in [3.8, 4) is 0 Å². The highest BCUT2D eigenvalue weighted by molar-refractivity contribution is 5.75. The van der Waals surface area contributed by atoms with Crippen LogP contribution < -0.4 is 4.84 Å². The molecular weight excluding hydrogens is 192 g/mol. The van der Waals surface area contributed by atoms with E-state index >= 15 is 0 Å². The van der Waals surface area contributed by atoms with E-state index in [1.165, 1.54) is 0 Å². The van der Waals surface area contributed by atoms with Crippen molar-refractivity contribution in [3.05, 3.63) is 30.1 Å². The average molecular weight is 206 g/mol. The monoisotopic (exact) mass is 206 g/mol. The van der Waals surface area contributed by atoms with Gasteiger partial charge in [0.15, 0.2) is 0 Å². The minimum absolute atomic E-state index is 0.290. The first-order valence-corrected chi connectivity index (χ1v) is 4.86. The van der Waals surface area contributed by atoms with Gasteiger partial charge in [0.1, 0.15) is 11.3 Å². The van der Waals surface area contributed by atoms with Crippen molar-refractivity contribution >= 4 is 11.0 Å². The van der Waals surface area contributed by atoms with Gasteiger partial charge >= 0.3 is 0 Å². The lowest BCUT2D eigenvalue weighted by Gasteiger charge is -2.14. The molecule has 0 fully saturated rings. The fourth-order valence-electron chi connectivity index (χ4n) is 1.45. The lowest BCUT2D eigenvalue weighted by molar-refractivity contribution is -0.113. The summed E-state index contributed by atoms with van der Waals surface area (Å²) < 4.78 is 6.75. The molecule has 1 aromatic heterocycles. The van der Waals surface area contributed by atoms with Crippen LogP contribution in [-0.2, 0) is 4.74 Å². The fraction of sp³-hybridized carbons (Fsp3) is 0.364. The Labute approximate surface area is 88.4 Å². The molecule has 2 rings (SSSR count). The van der Waals surface area contributed by atoms with Crippen LogP contribution in [0.5, 0.6) is 0 Å². The summed E-state index contributed by atoms with van der Waals surface area (Å²) in [4.78, 5) is 9.96. The molecule has 4 nitrogen and oxygen atoms in total. The zero-order chi connectivity index (χ0) is 10.8. The number of ether oxygens (including phenoxy) is 1. The van der Waals surface area contributed by atoms with E-state index in [0.29, 0.717) is 0 Å². The van der Waals surface area contributed by atoms with Gasteiger partial charge in [0.25, 0.3) is 0 Å². The molecular formula is C11H14N2O2. The van der Waals surface area contributed by atoms with E-state index in [1.807, 2.05) is 38.1 Å². The first-order chi connectivity index (χ1) is 7.22. The highest BCUT2D eigenvalue weighted by Crippen LogP contribution is 2.14. The van der Waals surface area contributed by atoms with Crippen molar-refractivity contribution in [1.29, 1.82) is 0 Å². The second kappa shape index (κ2) is 3.90. The topological polar surface area (TPSA) is 36.3 Å². The van der Waals surface area contributed by atoms with Crippen molar-refractivity contribution in [2.75, 3.05) is 7.11 Å². The van der Waals surface area contributed by atoms with Gasteiger partial charge in [-0.05, 0) is 19.1 Å². The molecule has 1 aromatic carbocycles. The Morgan fingerprint density at radius 1 is 1.33 bits per heavy atom. The predicted molar refractivity (Wildman–Crippen MR) is 57.5 cm³/mol. The van der Waals surface area contributed by atoms with E-state index in [2.05, 4.69) is 4.98 Å². The molecule has 0 aliphatic heterocycles. The molecule has 80 valence electrons. The number of hydrogen-bond donors (Lipinski definition) is 0. The van der Waals surface area contributed by atoms with Gasteiger partial charge in [0, 0.05) is 14.0 Å². The normalized spacial score (nSPS) is 13.0. The molecule has 1 unspecified atom stereocenters. The van der Waals surface area contributed by atoms with Gasteiger partial charge in [-0.25, -0.2) is 4.98 Å². The molecule has 0 aliphatic rings. The second-order valence-electron chi connectivity index (χ2n) is 3.35. The van der Waals surface area contributed by atoms with Gasteiger partial charge in [-0.3, -0.25) is 0 Å². The number of methoxy groups -OCH3 is 1. The lowest BCUT2D eigenvalue weighted by atomic mass is 10.3. The molecule has 0 spiro atoms. The summed E-state index contributed by atoms with van der Waals surface area (Å²) in [6.45, 7) is 3.75. The number of para-hydroxylation sites is 2. The third kappa shape index (κ3) is 1.80. The molecule has 0 amide bonds. The number of nitrogens with zero attached hydrogens (tertiary/aromatic N) is 2. The summed E-state index contributed by atoms with van der Waals surface area (Å²) in [6.07, 6.45) is -0.290. The molecule has 15 heavy (non-hydrogen) atoms. The maximum absolute atomic E-state index is 5.58. The maximum Gasteiger partial charge on any atom is 0.221 e. The lowest BCUT2D eigenvalue weighted by Crippen LogP contribution is -2.24. The van der Waals surface area contributed by atoms with Crippen LogP contribution in [0.3, 0.4) is 0 Å². The van der Waals surface area contributed by atoms with Crippen LogP contribution in [-0.4, -0.2) is 23.1 Å². The standard InChI is InChI=1S/C11H14N2O2/c1-8-12-10-6-4-5-7-11(10)13(8)15-9(2)14-3/h4-7,9H,1-3H3. The molecule has 0 aliphatic carbocycles. The smallest absolute Gasteiger partial charge is 0.221 e. The zero-order valence-corrected chi connectivity index (χ0v) is 9.10. The number of benzene rings is 1. The third-order valence-corrected chi connectivity index (χ3v) is 2.26. The van der Waals surface area contributed by atoms with Gasteiger partial charge < -0.3 is 9.57 Å². The van der Waals surface area contributed by atoms with Crippen molar-refractivity contribution in [2.45, 2.75) is 20.1 Å². The highest BCUT2D eigenvalue weighted by atomic mass is 16.8. The minimum atomic E-state index is -0.290. The van der Waals surface area contributed by atoms with Crippen LogP contribution in [0.4, 0.5) is 0 Å². The number of imidazole rings is 1. The summed E-state index contributed by atoms with van der Waals surface area (Å²) in [5.41, 5.74) is 1.89. The highest BCUT2D eigenvalue weighted by Gasteiger charge is 2.09. The minimum Gasteiger partial charge on any atom is -0.380 e. The van der Waals surface area contributed by atoms with Crippen LogP contribution in [0.1, 0.15) is 12.7 Å². The zero-order valence-electron chi connectivity index (χ0n) is 9.10. The molecule has 2 aromatic rings. The first kappa shape index (κ1) is 9.98. The Kier molecular flexibility index (Phi) is 2.60. The van der Waals surface area contributed by atoms with Crippen LogP contribution in [0.2, 0.25) is 0 Å². The third-order valence-electron chi connectivity index (χ3n) is 2.26. The van der Waals surface area contributed by atoms with Gasteiger partial charge in [-0.15, -0.1) is 0 Å². The molecule has 0 bridgehead atoms. The maximum atomic E-state index is 5.58. The Bertz CT molecular complexity index is 465. The number of aromatic nitrogens is 2. The van der Waals surface area contributed by atoms with Gasteiger partial charge in [0.2, 0.25) is 6.29 Å².